The molecule has 17 heavy (non-hydrogen) atoms. The van der Waals surface area contributed by atoms with E-state index in [9.17, 15) is 9.90 Å². The van der Waals surface area contributed by atoms with E-state index < -0.39 is 5.97 Å². The first-order valence-corrected chi connectivity index (χ1v) is 5.35. The fourth-order valence-corrected chi connectivity index (χ4v) is 2.37. The average Bonchev–Trinajstić information content (AvgIpc) is 2.69. The molecule has 1 aliphatic rings. The largest absolute Gasteiger partial charge is 0.507 e. The van der Waals surface area contributed by atoms with Crippen LogP contribution in [0.5, 0.6) is 5.75 Å². The van der Waals surface area contributed by atoms with Crippen LogP contribution in [0.15, 0.2) is 36.4 Å². The zero-order chi connectivity index (χ0) is 12.0. The molecule has 3 rings (SSSR count). The number of carboxylic acids is 1. The quantitative estimate of drug-likeness (QED) is 0.670. The number of fused-ring (bicyclic) bond motifs is 3. The van der Waals surface area contributed by atoms with Gasteiger partial charge in [-0.05, 0) is 22.8 Å². The molecule has 2 N–H and O–H groups in total. The standard InChI is InChI=1S/C14H10O3/c15-13-11(14(16)17)6-5-10-9-4-2-1-3-8(9)7-12(10)13/h1-6,15H,7H2,(H,16,17). The summed E-state index contributed by atoms with van der Waals surface area (Å²) in [5.41, 5.74) is 3.82. The van der Waals surface area contributed by atoms with Crippen LogP contribution in [-0.4, -0.2) is 16.2 Å². The lowest BCUT2D eigenvalue weighted by atomic mass is 10.0. The average molecular weight is 226 g/mol. The number of aromatic carboxylic acids is 1. The van der Waals surface area contributed by atoms with Crippen LogP contribution in [0.1, 0.15) is 21.5 Å². The molecule has 0 saturated carbocycles. The highest BCUT2D eigenvalue weighted by molar-refractivity contribution is 5.94. The van der Waals surface area contributed by atoms with E-state index in [4.69, 9.17) is 5.11 Å². The van der Waals surface area contributed by atoms with E-state index in [1.807, 2.05) is 24.3 Å². The van der Waals surface area contributed by atoms with Gasteiger partial charge in [0, 0.05) is 12.0 Å². The van der Waals surface area contributed by atoms with Gasteiger partial charge in [0.25, 0.3) is 0 Å². The summed E-state index contributed by atoms with van der Waals surface area (Å²) in [6, 6.07) is 11.1. The Labute approximate surface area is 98.0 Å². The number of phenols is 1. The lowest BCUT2D eigenvalue weighted by molar-refractivity contribution is 0.0693. The van der Waals surface area contributed by atoms with Crippen molar-refractivity contribution in [3.8, 4) is 16.9 Å². The highest BCUT2D eigenvalue weighted by atomic mass is 16.4. The van der Waals surface area contributed by atoms with Crippen LogP contribution in [0.2, 0.25) is 0 Å². The molecule has 0 amide bonds. The van der Waals surface area contributed by atoms with Gasteiger partial charge in [0.1, 0.15) is 11.3 Å². The van der Waals surface area contributed by atoms with Crippen molar-refractivity contribution in [1.82, 2.24) is 0 Å². The van der Waals surface area contributed by atoms with Gasteiger partial charge in [-0.1, -0.05) is 30.3 Å². The Morgan fingerprint density at radius 1 is 1.06 bits per heavy atom. The van der Waals surface area contributed by atoms with Gasteiger partial charge in [0.15, 0.2) is 0 Å². The molecule has 3 nitrogen and oxygen atoms in total. The molecule has 2 aromatic carbocycles. The SMILES string of the molecule is O=C(O)c1ccc2c(c1O)Cc1ccccc1-2. The summed E-state index contributed by atoms with van der Waals surface area (Å²) in [6.07, 6.45) is 0.596. The number of hydrogen-bond acceptors (Lipinski definition) is 2. The van der Waals surface area contributed by atoms with Crippen LogP contribution in [0, 0.1) is 0 Å². The Hall–Kier alpha value is -2.29. The molecule has 2 aromatic rings. The smallest absolute Gasteiger partial charge is 0.339 e. The van der Waals surface area contributed by atoms with Gasteiger partial charge in [0.05, 0.1) is 0 Å². The van der Waals surface area contributed by atoms with E-state index in [-0.39, 0.29) is 11.3 Å². The van der Waals surface area contributed by atoms with E-state index in [1.165, 1.54) is 6.07 Å². The van der Waals surface area contributed by atoms with Gasteiger partial charge in [-0.2, -0.15) is 0 Å². The van der Waals surface area contributed by atoms with Crippen molar-refractivity contribution in [2.45, 2.75) is 6.42 Å². The summed E-state index contributed by atoms with van der Waals surface area (Å²) in [5.74, 6) is -1.20. The molecule has 0 spiro atoms. The highest BCUT2D eigenvalue weighted by Crippen LogP contribution is 2.42. The van der Waals surface area contributed by atoms with Crippen LogP contribution >= 0.6 is 0 Å². The minimum Gasteiger partial charge on any atom is -0.507 e. The molecule has 84 valence electrons. The lowest BCUT2D eigenvalue weighted by Gasteiger charge is -2.05. The molecule has 0 heterocycles. The molecular weight excluding hydrogens is 216 g/mol. The highest BCUT2D eigenvalue weighted by Gasteiger charge is 2.24. The van der Waals surface area contributed by atoms with Gasteiger partial charge < -0.3 is 10.2 Å². The summed E-state index contributed by atoms with van der Waals surface area (Å²) in [7, 11) is 0. The lowest BCUT2D eigenvalue weighted by Crippen LogP contribution is -1.98. The zero-order valence-electron chi connectivity index (χ0n) is 8.97. The Kier molecular flexibility index (Phi) is 1.95. The van der Waals surface area contributed by atoms with Gasteiger partial charge >= 0.3 is 5.97 Å². The van der Waals surface area contributed by atoms with E-state index in [0.717, 1.165) is 16.7 Å². The Morgan fingerprint density at radius 2 is 1.82 bits per heavy atom. The topological polar surface area (TPSA) is 57.5 Å². The second kappa shape index (κ2) is 3.35. The maximum atomic E-state index is 10.9. The van der Waals surface area contributed by atoms with Crippen molar-refractivity contribution < 1.29 is 15.0 Å². The summed E-state index contributed by atoms with van der Waals surface area (Å²) < 4.78 is 0. The third-order valence-corrected chi connectivity index (χ3v) is 3.19. The second-order valence-electron chi connectivity index (χ2n) is 4.13. The van der Waals surface area contributed by atoms with Crippen molar-refractivity contribution in [2.75, 3.05) is 0 Å². The number of aromatic hydroxyl groups is 1. The van der Waals surface area contributed by atoms with E-state index in [1.54, 1.807) is 6.07 Å². The van der Waals surface area contributed by atoms with Gasteiger partial charge in [0.2, 0.25) is 0 Å². The third kappa shape index (κ3) is 1.32. The van der Waals surface area contributed by atoms with E-state index >= 15 is 0 Å². The Balaban J connectivity index is 2.25. The van der Waals surface area contributed by atoms with Crippen molar-refractivity contribution in [3.63, 3.8) is 0 Å². The number of hydrogen-bond donors (Lipinski definition) is 2. The molecule has 0 bridgehead atoms. The third-order valence-electron chi connectivity index (χ3n) is 3.19. The number of benzene rings is 2. The molecule has 0 aromatic heterocycles. The summed E-state index contributed by atoms with van der Waals surface area (Å²) >= 11 is 0. The fourth-order valence-electron chi connectivity index (χ4n) is 2.37. The maximum absolute atomic E-state index is 10.9. The van der Waals surface area contributed by atoms with Crippen molar-refractivity contribution >= 4 is 5.97 Å². The van der Waals surface area contributed by atoms with Gasteiger partial charge in [-0.15, -0.1) is 0 Å². The molecule has 0 fully saturated rings. The minimum atomic E-state index is -1.10. The minimum absolute atomic E-state index is 0.0310. The van der Waals surface area contributed by atoms with Gasteiger partial charge in [-0.25, -0.2) is 4.79 Å². The Morgan fingerprint density at radius 3 is 2.59 bits per heavy atom. The predicted octanol–water partition coefficient (Wildman–Crippen LogP) is 2.66. The van der Waals surface area contributed by atoms with E-state index in [2.05, 4.69) is 0 Å². The molecule has 3 heteroatoms. The second-order valence-corrected chi connectivity index (χ2v) is 4.13. The molecule has 1 aliphatic carbocycles. The van der Waals surface area contributed by atoms with Crippen LogP contribution in [-0.2, 0) is 6.42 Å². The number of carbonyl (C=O) groups is 1. The van der Waals surface area contributed by atoms with Crippen LogP contribution in [0.3, 0.4) is 0 Å². The maximum Gasteiger partial charge on any atom is 0.339 e. The van der Waals surface area contributed by atoms with Crippen LogP contribution in [0.4, 0.5) is 0 Å². The molecule has 0 unspecified atom stereocenters. The van der Waals surface area contributed by atoms with Gasteiger partial charge in [-0.3, -0.25) is 0 Å². The summed E-state index contributed by atoms with van der Waals surface area (Å²) in [6.45, 7) is 0. The van der Waals surface area contributed by atoms with Crippen molar-refractivity contribution in [2.24, 2.45) is 0 Å². The van der Waals surface area contributed by atoms with E-state index in [0.29, 0.717) is 12.0 Å². The normalized spacial score (nSPS) is 12.0. The molecule has 0 saturated heterocycles. The summed E-state index contributed by atoms with van der Waals surface area (Å²) in [5, 5.41) is 18.9. The molecule has 0 radical (unpaired) electrons. The summed E-state index contributed by atoms with van der Waals surface area (Å²) in [4.78, 5) is 10.9. The first kappa shape index (κ1) is 9.90. The Bertz CT molecular complexity index is 629. The molecular formula is C14H10O3. The zero-order valence-corrected chi connectivity index (χ0v) is 8.97. The van der Waals surface area contributed by atoms with Crippen molar-refractivity contribution in [1.29, 1.82) is 0 Å². The first-order valence-electron chi connectivity index (χ1n) is 5.35. The number of rotatable bonds is 1. The van der Waals surface area contributed by atoms with Crippen LogP contribution in [0.25, 0.3) is 11.1 Å². The molecule has 0 atom stereocenters. The van der Waals surface area contributed by atoms with Crippen molar-refractivity contribution in [3.05, 3.63) is 53.1 Å². The predicted molar refractivity (Wildman–Crippen MR) is 63.3 cm³/mol. The van der Waals surface area contributed by atoms with Crippen LogP contribution < -0.4 is 0 Å². The number of carboxylic acid groups (broad SMARTS) is 1. The fraction of sp³-hybridized carbons (Fsp3) is 0.0714. The molecule has 0 aliphatic heterocycles. The first-order chi connectivity index (χ1) is 8.18. The monoisotopic (exact) mass is 226 g/mol.